The Hall–Kier alpha value is -0.120. The Morgan fingerprint density at radius 3 is 2.08 bits per heavy atom. The molecule has 3 nitrogen and oxygen atoms in total. The van der Waals surface area contributed by atoms with E-state index in [0.29, 0.717) is 6.10 Å². The first kappa shape index (κ1) is 11.0. The number of rotatable bonds is 4. The van der Waals surface area contributed by atoms with Gasteiger partial charge in [0.1, 0.15) is 0 Å². The molecule has 0 aromatic heterocycles. The molecule has 0 spiro atoms. The van der Waals surface area contributed by atoms with E-state index >= 15 is 0 Å². The van der Waals surface area contributed by atoms with Gasteiger partial charge in [0.2, 0.25) is 0 Å². The van der Waals surface area contributed by atoms with Crippen LogP contribution in [0.15, 0.2) is 0 Å². The molecule has 1 rings (SSSR count). The van der Waals surface area contributed by atoms with Crippen molar-refractivity contribution in [2.75, 3.05) is 20.8 Å². The molecule has 0 aliphatic heterocycles. The van der Waals surface area contributed by atoms with Gasteiger partial charge in [-0.15, -0.1) is 0 Å². The third-order valence-corrected chi connectivity index (χ3v) is 2.84. The van der Waals surface area contributed by atoms with Gasteiger partial charge in [0.25, 0.3) is 0 Å². The van der Waals surface area contributed by atoms with Gasteiger partial charge in [0.15, 0.2) is 5.79 Å². The molecule has 0 atom stereocenters. The predicted octanol–water partition coefficient (Wildman–Crippen LogP) is 1.95. The zero-order valence-corrected chi connectivity index (χ0v) is 8.84. The van der Waals surface area contributed by atoms with Crippen LogP contribution < -0.4 is 0 Å². The van der Waals surface area contributed by atoms with Crippen LogP contribution in [0.25, 0.3) is 0 Å². The first-order valence-corrected chi connectivity index (χ1v) is 4.98. The van der Waals surface area contributed by atoms with Gasteiger partial charge >= 0.3 is 0 Å². The molecule has 1 aliphatic carbocycles. The molecule has 0 bridgehead atoms. The van der Waals surface area contributed by atoms with Gasteiger partial charge in [0, 0.05) is 33.7 Å². The highest BCUT2D eigenvalue weighted by Crippen LogP contribution is 2.32. The minimum absolute atomic E-state index is 0.340. The van der Waals surface area contributed by atoms with Crippen molar-refractivity contribution in [3.8, 4) is 0 Å². The topological polar surface area (TPSA) is 27.7 Å². The van der Waals surface area contributed by atoms with E-state index in [9.17, 15) is 0 Å². The van der Waals surface area contributed by atoms with Crippen molar-refractivity contribution in [1.82, 2.24) is 0 Å². The highest BCUT2D eigenvalue weighted by molar-refractivity contribution is 4.79. The van der Waals surface area contributed by atoms with Crippen LogP contribution in [0.3, 0.4) is 0 Å². The first-order chi connectivity index (χ1) is 6.26. The summed E-state index contributed by atoms with van der Waals surface area (Å²) in [4.78, 5) is 0. The Bertz CT molecular complexity index is 133. The van der Waals surface area contributed by atoms with Crippen molar-refractivity contribution in [1.29, 1.82) is 0 Å². The van der Waals surface area contributed by atoms with Crippen LogP contribution in [0.1, 0.15) is 32.6 Å². The van der Waals surface area contributed by atoms with E-state index in [-0.39, 0.29) is 5.79 Å². The molecule has 0 N–H and O–H groups in total. The van der Waals surface area contributed by atoms with Crippen LogP contribution in [0.4, 0.5) is 0 Å². The van der Waals surface area contributed by atoms with Crippen LogP contribution in [0.2, 0.25) is 0 Å². The number of methoxy groups -OCH3 is 2. The quantitative estimate of drug-likeness (QED) is 0.631. The number of ether oxygens (including phenoxy) is 3. The van der Waals surface area contributed by atoms with Gasteiger partial charge in [-0.1, -0.05) is 0 Å². The minimum atomic E-state index is -0.340. The maximum atomic E-state index is 5.55. The van der Waals surface area contributed by atoms with Crippen molar-refractivity contribution in [2.24, 2.45) is 0 Å². The number of hydrogen-bond acceptors (Lipinski definition) is 3. The van der Waals surface area contributed by atoms with Crippen LogP contribution in [0.5, 0.6) is 0 Å². The second-order valence-corrected chi connectivity index (χ2v) is 3.47. The Morgan fingerprint density at radius 1 is 1.15 bits per heavy atom. The van der Waals surface area contributed by atoms with Crippen molar-refractivity contribution >= 4 is 0 Å². The average Bonchev–Trinajstić information content (AvgIpc) is 2.20. The smallest absolute Gasteiger partial charge is 0.167 e. The number of hydrogen-bond donors (Lipinski definition) is 0. The van der Waals surface area contributed by atoms with Gasteiger partial charge in [0.05, 0.1) is 6.10 Å². The van der Waals surface area contributed by atoms with Crippen molar-refractivity contribution < 1.29 is 14.2 Å². The van der Waals surface area contributed by atoms with Crippen LogP contribution in [-0.4, -0.2) is 32.7 Å². The predicted molar refractivity (Wildman–Crippen MR) is 50.6 cm³/mol. The summed E-state index contributed by atoms with van der Waals surface area (Å²) >= 11 is 0. The van der Waals surface area contributed by atoms with Crippen LogP contribution in [0, 0.1) is 0 Å². The fraction of sp³-hybridized carbons (Fsp3) is 1.00. The summed E-state index contributed by atoms with van der Waals surface area (Å²) in [5.74, 6) is -0.340. The van der Waals surface area contributed by atoms with Crippen molar-refractivity contribution in [2.45, 2.75) is 44.5 Å². The van der Waals surface area contributed by atoms with Crippen molar-refractivity contribution in [3.63, 3.8) is 0 Å². The fourth-order valence-electron chi connectivity index (χ4n) is 1.93. The Morgan fingerprint density at radius 2 is 1.69 bits per heavy atom. The van der Waals surface area contributed by atoms with E-state index in [0.717, 1.165) is 32.3 Å². The van der Waals surface area contributed by atoms with E-state index in [1.807, 2.05) is 6.92 Å². The molecule has 0 amide bonds. The first-order valence-electron chi connectivity index (χ1n) is 4.98. The largest absolute Gasteiger partial charge is 0.379 e. The van der Waals surface area contributed by atoms with Crippen LogP contribution >= 0.6 is 0 Å². The molecule has 3 heteroatoms. The molecule has 13 heavy (non-hydrogen) atoms. The maximum Gasteiger partial charge on any atom is 0.167 e. The third kappa shape index (κ3) is 2.66. The normalized spacial score (nSPS) is 23.3. The van der Waals surface area contributed by atoms with Crippen molar-refractivity contribution in [3.05, 3.63) is 0 Å². The lowest BCUT2D eigenvalue weighted by Gasteiger charge is -2.37. The molecule has 78 valence electrons. The Kier molecular flexibility index (Phi) is 4.16. The highest BCUT2D eigenvalue weighted by Gasteiger charge is 2.35. The highest BCUT2D eigenvalue weighted by atomic mass is 16.7. The van der Waals surface area contributed by atoms with E-state index in [1.165, 1.54) is 0 Å². The zero-order valence-electron chi connectivity index (χ0n) is 8.84. The fourth-order valence-corrected chi connectivity index (χ4v) is 1.93. The lowest BCUT2D eigenvalue weighted by atomic mass is 9.91. The lowest BCUT2D eigenvalue weighted by Crippen LogP contribution is -2.40. The monoisotopic (exact) mass is 188 g/mol. The third-order valence-electron chi connectivity index (χ3n) is 2.84. The molecular weight excluding hydrogens is 168 g/mol. The molecular formula is C10H20O3. The molecule has 0 aromatic rings. The molecule has 0 heterocycles. The maximum absolute atomic E-state index is 5.55. The van der Waals surface area contributed by atoms with E-state index < -0.39 is 0 Å². The second-order valence-electron chi connectivity index (χ2n) is 3.47. The minimum Gasteiger partial charge on any atom is -0.379 e. The molecule has 1 saturated carbocycles. The molecule has 0 saturated heterocycles. The molecule has 1 aliphatic rings. The summed E-state index contributed by atoms with van der Waals surface area (Å²) in [5, 5.41) is 0. The van der Waals surface area contributed by atoms with E-state index in [2.05, 4.69) is 0 Å². The summed E-state index contributed by atoms with van der Waals surface area (Å²) in [6, 6.07) is 0. The Balaban J connectivity index is 2.36. The molecule has 0 unspecified atom stereocenters. The summed E-state index contributed by atoms with van der Waals surface area (Å²) in [7, 11) is 3.43. The molecule has 0 aromatic carbocycles. The summed E-state index contributed by atoms with van der Waals surface area (Å²) in [5.41, 5.74) is 0. The second kappa shape index (κ2) is 4.94. The van der Waals surface area contributed by atoms with Gasteiger partial charge in [-0.25, -0.2) is 0 Å². The average molecular weight is 188 g/mol. The summed E-state index contributed by atoms with van der Waals surface area (Å²) < 4.78 is 16.3. The standard InChI is InChI=1S/C10H20O3/c1-4-13-9-5-7-10(11-2,12-3)8-6-9/h9H,4-8H2,1-3H3. The molecule has 0 radical (unpaired) electrons. The Labute approximate surface area is 80.4 Å². The van der Waals surface area contributed by atoms with E-state index in [4.69, 9.17) is 14.2 Å². The molecule has 1 fully saturated rings. The lowest BCUT2D eigenvalue weighted by molar-refractivity contribution is -0.233. The summed E-state index contributed by atoms with van der Waals surface area (Å²) in [6.07, 6.45) is 4.35. The van der Waals surface area contributed by atoms with Gasteiger partial charge < -0.3 is 14.2 Å². The SMILES string of the molecule is CCOC1CCC(OC)(OC)CC1. The summed E-state index contributed by atoms with van der Waals surface area (Å²) in [6.45, 7) is 2.84. The van der Waals surface area contributed by atoms with Gasteiger partial charge in [-0.3, -0.25) is 0 Å². The van der Waals surface area contributed by atoms with Gasteiger partial charge in [-0.05, 0) is 19.8 Å². The zero-order chi connectivity index (χ0) is 9.73. The van der Waals surface area contributed by atoms with Crippen LogP contribution in [-0.2, 0) is 14.2 Å². The van der Waals surface area contributed by atoms with E-state index in [1.54, 1.807) is 14.2 Å². The van der Waals surface area contributed by atoms with Gasteiger partial charge in [-0.2, -0.15) is 0 Å².